The van der Waals surface area contributed by atoms with Crippen LogP contribution in [0.5, 0.6) is 0 Å². The predicted octanol–water partition coefficient (Wildman–Crippen LogP) is 18.2. The molecule has 16 aromatic rings. The second-order valence-corrected chi connectivity index (χ2v) is 32.8. The number of aromatic amines is 2. The third kappa shape index (κ3) is 20.3. The van der Waals surface area contributed by atoms with Gasteiger partial charge >= 0.3 is 30.4 Å². The van der Waals surface area contributed by atoms with E-state index in [1.54, 1.807) is 45.1 Å². The van der Waals surface area contributed by atoms with Crippen LogP contribution in [-0.2, 0) is 29.5 Å². The van der Waals surface area contributed by atoms with Gasteiger partial charge in [-0.15, -0.1) is 0 Å². The molecule has 4 aliphatic heterocycles. The van der Waals surface area contributed by atoms with Crippen molar-refractivity contribution in [3.63, 3.8) is 0 Å². The molecule has 15 heterocycles. The van der Waals surface area contributed by atoms with Gasteiger partial charge in [0.25, 0.3) is 23.6 Å². The molecule has 0 saturated carbocycles. The highest BCUT2D eigenvalue weighted by Gasteiger charge is 2.43. The monoisotopic (exact) mass is 1910 g/mol. The first-order chi connectivity index (χ1) is 65.9. The number of carbonyl (C=O) groups is 5. The van der Waals surface area contributed by atoms with Crippen LogP contribution in [0, 0.1) is 23.3 Å². The number of benzene rings is 5. The fourth-order valence-corrected chi connectivity index (χ4v) is 17.1. The van der Waals surface area contributed by atoms with Crippen molar-refractivity contribution in [2.24, 2.45) is 5.73 Å². The number of hydrogen-bond donors (Lipinski definition) is 3. The molecule has 5 amide bonds. The molecule has 3 unspecified atom stereocenters. The summed E-state index contributed by atoms with van der Waals surface area (Å²) in [6, 6.07) is 38.2. The van der Waals surface area contributed by atoms with E-state index in [-0.39, 0.29) is 87.0 Å². The molecule has 5 aromatic carbocycles. The molecule has 710 valence electrons. The molecule has 0 bridgehead atoms. The van der Waals surface area contributed by atoms with E-state index in [1.807, 2.05) is 42.5 Å². The van der Waals surface area contributed by atoms with Crippen LogP contribution < -0.4 is 11.4 Å². The lowest BCUT2D eigenvalue weighted by molar-refractivity contribution is -0.137. The number of primary amides is 1. The topological polar surface area (TPSA) is 324 Å². The number of likely N-dealkylation sites (tertiary alicyclic amines) is 4. The van der Waals surface area contributed by atoms with E-state index in [2.05, 4.69) is 60.5 Å². The number of pyridine rings is 1. The molecule has 4 aliphatic rings. The van der Waals surface area contributed by atoms with Crippen molar-refractivity contribution in [1.82, 2.24) is 103 Å². The molecule has 28 nitrogen and oxygen atoms in total. The molecule has 3 atom stereocenters. The number of imidazole rings is 5. The Morgan fingerprint density at radius 1 is 0.370 bits per heavy atom. The summed E-state index contributed by atoms with van der Waals surface area (Å²) in [5.74, 6) is -4.93. The largest absolute Gasteiger partial charge is 0.420 e. The number of hydrogen-bond acceptors (Lipinski definition) is 16. The van der Waals surface area contributed by atoms with Crippen molar-refractivity contribution in [2.45, 2.75) is 120 Å². The van der Waals surface area contributed by atoms with Gasteiger partial charge in [-0.05, 0) is 216 Å². The zero-order valence-electron chi connectivity index (χ0n) is 72.0. The van der Waals surface area contributed by atoms with E-state index in [0.29, 0.717) is 87.9 Å². The lowest BCUT2D eigenvalue weighted by Gasteiger charge is -2.34. The van der Waals surface area contributed by atoms with Crippen LogP contribution in [0.4, 0.5) is 70.2 Å². The minimum absolute atomic E-state index is 0.0134. The smallest absolute Gasteiger partial charge is 0.368 e. The number of halogens is 16. The van der Waals surface area contributed by atoms with Crippen LogP contribution in [0.25, 0.3) is 78.9 Å². The highest BCUT2D eigenvalue weighted by Crippen LogP contribution is 2.42. The minimum Gasteiger partial charge on any atom is -0.368 e. The molecule has 44 heteroatoms. The van der Waals surface area contributed by atoms with Gasteiger partial charge in [-0.1, -0.05) is 36.4 Å². The van der Waals surface area contributed by atoms with Gasteiger partial charge in [-0.2, -0.15) is 78.2 Å². The minimum atomic E-state index is -4.77. The summed E-state index contributed by atoms with van der Waals surface area (Å²) in [6.07, 6.45) is -1.77. The second kappa shape index (κ2) is 38.5. The Morgan fingerprint density at radius 2 is 0.732 bits per heavy atom. The Kier molecular flexibility index (Phi) is 26.2. The predicted molar refractivity (Wildman–Crippen MR) is 464 cm³/mol. The van der Waals surface area contributed by atoms with Crippen molar-refractivity contribution in [3.05, 3.63) is 309 Å². The van der Waals surface area contributed by atoms with Gasteiger partial charge < -0.3 is 30.3 Å². The maximum atomic E-state index is 13.9. The van der Waals surface area contributed by atoms with E-state index < -0.39 is 128 Å². The number of H-pyrrole nitrogens is 2. The quantitative estimate of drug-likeness (QED) is 0.0903. The van der Waals surface area contributed by atoms with Gasteiger partial charge in [0.1, 0.15) is 74.3 Å². The van der Waals surface area contributed by atoms with Crippen LogP contribution in [-0.4, -0.2) is 171 Å². The number of nitrogens with zero attached hydrogens (tertiary/aromatic N) is 19. The third-order valence-corrected chi connectivity index (χ3v) is 23.9. The van der Waals surface area contributed by atoms with Crippen LogP contribution in [0.15, 0.2) is 224 Å². The number of aromatic nitrogens is 17. The number of nitrogens with two attached hydrogens (primary N) is 1. The fraction of sp³-hybridized carbons (Fsp3) is 0.255. The van der Waals surface area contributed by atoms with Crippen LogP contribution in [0.3, 0.4) is 0 Å². The van der Waals surface area contributed by atoms with Crippen molar-refractivity contribution in [2.75, 3.05) is 32.7 Å². The summed E-state index contributed by atoms with van der Waals surface area (Å²) in [6.45, 7) is 1.76. The summed E-state index contributed by atoms with van der Waals surface area (Å²) >= 11 is 0. The molecule has 20 rings (SSSR count). The first-order valence-corrected chi connectivity index (χ1v) is 43.2. The summed E-state index contributed by atoms with van der Waals surface area (Å²) in [4.78, 5) is 106. The second-order valence-electron chi connectivity index (χ2n) is 32.8. The summed E-state index contributed by atoms with van der Waals surface area (Å²) < 4.78 is 225. The molecular weight excluding hydrogens is 1840 g/mol. The van der Waals surface area contributed by atoms with Gasteiger partial charge in [0.15, 0.2) is 22.6 Å². The Balaban J connectivity index is 0.000000128. The maximum Gasteiger partial charge on any atom is 0.420 e. The lowest BCUT2D eigenvalue weighted by Crippen LogP contribution is -2.50. The van der Waals surface area contributed by atoms with Crippen molar-refractivity contribution >= 4 is 52.1 Å². The Bertz CT molecular complexity index is 7240. The highest BCUT2D eigenvalue weighted by molar-refractivity contribution is 5.97. The fourth-order valence-electron chi connectivity index (χ4n) is 17.1. The van der Waals surface area contributed by atoms with Crippen molar-refractivity contribution in [3.8, 4) is 56.3 Å². The number of alkyl halides is 12. The van der Waals surface area contributed by atoms with Crippen molar-refractivity contribution < 1.29 is 94.2 Å². The van der Waals surface area contributed by atoms with Gasteiger partial charge in [0, 0.05) is 79.6 Å². The average Bonchev–Trinajstić information content (AvgIpc) is 1.57. The summed E-state index contributed by atoms with van der Waals surface area (Å²) in [5.41, 5.74) is 2.36. The normalized spacial score (nSPS) is 16.3. The zero-order chi connectivity index (χ0) is 97.4. The standard InChI is InChI=1S/C28H22F4N6O2.C24H19F4N5O.C22H18F4N6O.C20H17F4N5O2/c29-19-8-6-18(7-9-19)22-14-21(28(30,31)32)25-33-24(16-38(25)35-22)26(39)36-12-10-20(11-13-36)37-15-23(34-27(37)40)17-4-2-1-3-5-17;25-16-9-7-15(8-10-16)19-13-17(24(26,27)28)22-30-20(14-33(22)31-19)23(34)32-12-4-2-6-21(32)18-5-1-3-11-29-18;23-14-6-4-13(5-7-14)17-11-15(22(24,25)26)20-28-18(12-32(20)30-17)21(33)31-10-2-1-3-19(31)16-8-9-27-29-16;21-12-6-4-11(5-7-12)14-9-13(20(22,23)24)18-26-15(10-29(18)27-14)19(31)28-8-2-1-3-16(28)17(25)30/h1-9,14-16,20H,10-13H2,(H,34,40);1,3,5,7-11,13-14,21H,2,4,6,12H2;4-9,11-12,19H,1-3,10H2,(H,27,29);4-7,9-10,16H,1-3,8H2,(H2,25,30). The summed E-state index contributed by atoms with van der Waals surface area (Å²) in [5, 5.41) is 23.6. The van der Waals surface area contributed by atoms with Gasteiger partial charge in [0.2, 0.25) is 5.91 Å². The Morgan fingerprint density at radius 3 is 1.10 bits per heavy atom. The molecular formula is C94H76F16N22O6. The van der Waals surface area contributed by atoms with Crippen LogP contribution in [0.1, 0.15) is 164 Å². The number of nitrogens with one attached hydrogen (secondary N) is 2. The van der Waals surface area contributed by atoms with Crippen LogP contribution in [0.2, 0.25) is 0 Å². The SMILES string of the molecule is NC(=O)C1CCCCN1C(=O)c1cn2nc(-c3ccc(F)cc3)cc(C(F)(F)F)c2n1.O=C(c1cn2nc(-c3ccc(F)cc3)cc(C(F)(F)F)c2n1)N1CCC(n2cc(-c3ccccc3)[nH]c2=O)CC1.O=C(c1cn2nc(-c3ccc(F)cc3)cc(C(F)(F)F)c2n1)N1CCCCC1c1ccccn1.O=C(c1cn2nc(-c3ccc(F)cc3)cc(C(F)(F)F)c2n1)N1CCCCC1c1ccn[nH]1. The van der Waals surface area contributed by atoms with Gasteiger partial charge in [0.05, 0.1) is 76.7 Å². The highest BCUT2D eigenvalue weighted by atomic mass is 19.4. The van der Waals surface area contributed by atoms with E-state index in [0.717, 1.165) is 140 Å². The first kappa shape index (κ1) is 94.0. The van der Waals surface area contributed by atoms with E-state index in [9.17, 15) is 99.0 Å². The number of carbonyl (C=O) groups excluding carboxylic acids is 5. The molecule has 4 N–H and O–H groups in total. The number of fused-ring (bicyclic) bond motifs is 4. The Hall–Kier alpha value is -15.8. The maximum absolute atomic E-state index is 13.9. The summed E-state index contributed by atoms with van der Waals surface area (Å²) in [7, 11) is 0. The van der Waals surface area contributed by atoms with E-state index in [4.69, 9.17) is 5.73 Å². The molecule has 11 aromatic heterocycles. The Labute approximate surface area is 769 Å². The number of piperidine rings is 4. The molecule has 0 radical (unpaired) electrons. The molecule has 0 spiro atoms. The molecule has 4 saturated heterocycles. The third-order valence-electron chi connectivity index (χ3n) is 23.9. The average molecular weight is 1910 g/mol. The zero-order valence-corrected chi connectivity index (χ0v) is 72.0. The molecule has 0 aliphatic carbocycles. The van der Waals surface area contributed by atoms with E-state index in [1.165, 1.54) is 76.9 Å². The van der Waals surface area contributed by atoms with Gasteiger partial charge in [-0.3, -0.25) is 38.6 Å². The lowest BCUT2D eigenvalue weighted by atomic mass is 9.98. The number of amides is 5. The van der Waals surface area contributed by atoms with Gasteiger partial charge in [-0.25, -0.2) is 60.4 Å². The van der Waals surface area contributed by atoms with Crippen molar-refractivity contribution in [1.29, 1.82) is 0 Å². The van der Waals surface area contributed by atoms with E-state index >= 15 is 0 Å². The molecule has 4 fully saturated rings. The molecule has 138 heavy (non-hydrogen) atoms. The first-order valence-electron chi connectivity index (χ1n) is 43.2. The van der Waals surface area contributed by atoms with Crippen LogP contribution >= 0.6 is 0 Å². The number of rotatable bonds is 13.